The average molecular weight is 425 g/mol. The molecule has 2 saturated heterocycles. The van der Waals surface area contributed by atoms with Crippen molar-refractivity contribution < 1.29 is 9.84 Å². The van der Waals surface area contributed by atoms with Gasteiger partial charge in [0.25, 0.3) is 0 Å². The first-order valence-corrected chi connectivity index (χ1v) is 10.1. The number of nitrogens with two attached hydrogens (primary N) is 1. The Hall–Kier alpha value is -2.01. The van der Waals surface area contributed by atoms with E-state index in [0.29, 0.717) is 29.2 Å². The van der Waals surface area contributed by atoms with E-state index in [4.69, 9.17) is 27.2 Å². The molecule has 0 aliphatic carbocycles. The largest absolute Gasteiger partial charge is 0.391 e. The van der Waals surface area contributed by atoms with Crippen LogP contribution in [0.5, 0.6) is 0 Å². The lowest BCUT2D eigenvalue weighted by atomic mass is 10.2. The summed E-state index contributed by atoms with van der Waals surface area (Å²) in [6.45, 7) is 6.44. The molecular weight excluding hydrogens is 396 g/mol. The molecule has 2 aromatic heterocycles. The van der Waals surface area contributed by atoms with Crippen LogP contribution in [0.25, 0.3) is 11.5 Å². The standard InChI is InChI=1S/C13H19ClN8.C5H10O2/c1-8-7-20(2)4-5-22(8)13-19-18-11(21(13)3)10-9(14)6-16-12(15)17-10;6-5-2-1-3-7-4-5/h6,8H,4-5,7H2,1-3H3,(H2,15,16,17);5-6H,1-4H2. The maximum Gasteiger partial charge on any atom is 0.227 e. The van der Waals surface area contributed by atoms with Crippen LogP contribution in [-0.4, -0.2) is 86.8 Å². The number of aliphatic hydroxyl groups is 1. The van der Waals surface area contributed by atoms with Gasteiger partial charge in [-0.1, -0.05) is 11.6 Å². The molecule has 0 spiro atoms. The summed E-state index contributed by atoms with van der Waals surface area (Å²) >= 11 is 6.16. The summed E-state index contributed by atoms with van der Waals surface area (Å²) in [5, 5.41) is 17.8. The van der Waals surface area contributed by atoms with Crippen LogP contribution in [0.4, 0.5) is 11.9 Å². The number of nitrogen functional groups attached to an aromatic ring is 1. The van der Waals surface area contributed by atoms with E-state index < -0.39 is 0 Å². The number of rotatable bonds is 2. The molecule has 160 valence electrons. The highest BCUT2D eigenvalue weighted by molar-refractivity contribution is 6.32. The molecule has 4 heterocycles. The minimum Gasteiger partial charge on any atom is -0.391 e. The van der Waals surface area contributed by atoms with Crippen molar-refractivity contribution >= 4 is 23.5 Å². The molecule has 3 N–H and O–H groups in total. The van der Waals surface area contributed by atoms with Gasteiger partial charge in [0.1, 0.15) is 5.69 Å². The molecule has 0 saturated carbocycles. The van der Waals surface area contributed by atoms with E-state index >= 15 is 0 Å². The summed E-state index contributed by atoms with van der Waals surface area (Å²) in [6.07, 6.45) is 3.22. The maximum absolute atomic E-state index is 8.78. The number of nitrogens with zero attached hydrogens (tertiary/aromatic N) is 7. The molecule has 2 fully saturated rings. The highest BCUT2D eigenvalue weighted by Crippen LogP contribution is 2.27. The molecule has 2 aliphatic heterocycles. The van der Waals surface area contributed by atoms with Crippen LogP contribution >= 0.6 is 11.6 Å². The lowest BCUT2D eigenvalue weighted by Gasteiger charge is -2.38. The molecule has 2 atom stereocenters. The van der Waals surface area contributed by atoms with Crippen molar-refractivity contribution in [2.75, 3.05) is 50.5 Å². The monoisotopic (exact) mass is 424 g/mol. The van der Waals surface area contributed by atoms with Crippen LogP contribution in [0.2, 0.25) is 5.02 Å². The number of halogens is 1. The molecule has 29 heavy (non-hydrogen) atoms. The SMILES string of the molecule is CC1CN(C)CCN1c1nnc(-c2nc(N)ncc2Cl)n1C.OC1CCCOC1. The molecule has 2 aromatic rings. The molecule has 4 rings (SSSR count). The third kappa shape index (κ3) is 5.33. The summed E-state index contributed by atoms with van der Waals surface area (Å²) in [5.74, 6) is 1.56. The van der Waals surface area contributed by atoms with E-state index in [9.17, 15) is 0 Å². The number of ether oxygens (including phenoxy) is 1. The predicted molar refractivity (Wildman–Crippen MR) is 112 cm³/mol. The molecule has 10 nitrogen and oxygen atoms in total. The normalized spacial score (nSPS) is 22.9. The van der Waals surface area contributed by atoms with E-state index in [1.165, 1.54) is 6.20 Å². The van der Waals surface area contributed by atoms with Gasteiger partial charge in [0, 0.05) is 39.3 Å². The average Bonchev–Trinajstić information content (AvgIpc) is 3.06. The van der Waals surface area contributed by atoms with Gasteiger partial charge in [-0.3, -0.25) is 4.57 Å². The first-order valence-electron chi connectivity index (χ1n) is 9.75. The third-order valence-electron chi connectivity index (χ3n) is 5.05. The summed E-state index contributed by atoms with van der Waals surface area (Å²) in [5.41, 5.74) is 6.15. The molecule has 0 amide bonds. The quantitative estimate of drug-likeness (QED) is 0.721. The van der Waals surface area contributed by atoms with E-state index in [1.54, 1.807) is 0 Å². The summed E-state index contributed by atoms with van der Waals surface area (Å²) in [7, 11) is 4.03. The van der Waals surface area contributed by atoms with Crippen molar-refractivity contribution in [2.24, 2.45) is 7.05 Å². The summed E-state index contributed by atoms with van der Waals surface area (Å²) in [6, 6.07) is 0.362. The van der Waals surface area contributed by atoms with Crippen LogP contribution in [0, 0.1) is 0 Å². The van der Waals surface area contributed by atoms with Gasteiger partial charge in [-0.05, 0) is 26.8 Å². The zero-order chi connectivity index (χ0) is 21.0. The lowest BCUT2D eigenvalue weighted by Crippen LogP contribution is -2.51. The molecule has 0 aromatic carbocycles. The van der Waals surface area contributed by atoms with Crippen LogP contribution in [0.1, 0.15) is 19.8 Å². The fourth-order valence-electron chi connectivity index (χ4n) is 3.48. The Kier molecular flexibility index (Phi) is 7.23. The summed E-state index contributed by atoms with van der Waals surface area (Å²) in [4.78, 5) is 12.6. The molecule has 2 aliphatic rings. The Morgan fingerprint density at radius 2 is 2.07 bits per heavy atom. The predicted octanol–water partition coefficient (Wildman–Crippen LogP) is 0.806. The molecule has 2 unspecified atom stereocenters. The van der Waals surface area contributed by atoms with Gasteiger partial charge >= 0.3 is 0 Å². The Morgan fingerprint density at radius 1 is 1.28 bits per heavy atom. The topological polar surface area (TPSA) is 118 Å². The Bertz CT molecular complexity index is 811. The van der Waals surface area contributed by atoms with Gasteiger partial charge in [-0.2, -0.15) is 0 Å². The van der Waals surface area contributed by atoms with Crippen molar-refractivity contribution in [3.8, 4) is 11.5 Å². The van der Waals surface area contributed by atoms with E-state index in [-0.39, 0.29) is 12.1 Å². The second kappa shape index (κ2) is 9.66. The van der Waals surface area contributed by atoms with Crippen molar-refractivity contribution in [1.29, 1.82) is 0 Å². The van der Waals surface area contributed by atoms with Crippen molar-refractivity contribution in [3.05, 3.63) is 11.2 Å². The third-order valence-corrected chi connectivity index (χ3v) is 5.33. The van der Waals surface area contributed by atoms with E-state index in [1.807, 2.05) is 11.6 Å². The van der Waals surface area contributed by atoms with Crippen molar-refractivity contribution in [1.82, 2.24) is 29.6 Å². The molecular formula is C18H29ClN8O2. The maximum atomic E-state index is 8.78. The van der Waals surface area contributed by atoms with Gasteiger partial charge in [0.2, 0.25) is 11.9 Å². The fraction of sp³-hybridized carbons (Fsp3) is 0.667. The lowest BCUT2D eigenvalue weighted by molar-refractivity contribution is -0.00535. The highest BCUT2D eigenvalue weighted by atomic mass is 35.5. The van der Waals surface area contributed by atoms with Gasteiger partial charge < -0.3 is 25.4 Å². The Labute approximate surface area is 175 Å². The minimum atomic E-state index is -0.186. The number of piperazine rings is 1. The van der Waals surface area contributed by atoms with Gasteiger partial charge in [0.05, 0.1) is 23.9 Å². The number of hydrogen-bond acceptors (Lipinski definition) is 9. The smallest absolute Gasteiger partial charge is 0.227 e. The second-order valence-electron chi connectivity index (χ2n) is 7.48. The van der Waals surface area contributed by atoms with Crippen LogP contribution < -0.4 is 10.6 Å². The zero-order valence-corrected chi connectivity index (χ0v) is 17.9. The van der Waals surface area contributed by atoms with Crippen LogP contribution in [-0.2, 0) is 11.8 Å². The number of likely N-dealkylation sites (N-methyl/N-ethyl adjacent to an activating group) is 1. The molecule has 11 heteroatoms. The number of aliphatic hydroxyl groups excluding tert-OH is 1. The van der Waals surface area contributed by atoms with Crippen molar-refractivity contribution in [2.45, 2.75) is 31.9 Å². The van der Waals surface area contributed by atoms with Crippen LogP contribution in [0.15, 0.2) is 6.20 Å². The number of hydrogen-bond donors (Lipinski definition) is 2. The summed E-state index contributed by atoms with van der Waals surface area (Å²) < 4.78 is 6.83. The highest BCUT2D eigenvalue weighted by Gasteiger charge is 2.27. The van der Waals surface area contributed by atoms with E-state index in [2.05, 4.69) is 43.9 Å². The van der Waals surface area contributed by atoms with E-state index in [0.717, 1.165) is 45.0 Å². The van der Waals surface area contributed by atoms with Gasteiger partial charge in [-0.25, -0.2) is 9.97 Å². The van der Waals surface area contributed by atoms with Crippen LogP contribution in [0.3, 0.4) is 0 Å². The first-order chi connectivity index (χ1) is 13.9. The molecule has 0 radical (unpaired) electrons. The Morgan fingerprint density at radius 3 is 2.69 bits per heavy atom. The Balaban J connectivity index is 0.000000290. The van der Waals surface area contributed by atoms with Gasteiger partial charge in [0.15, 0.2) is 5.82 Å². The molecule has 0 bridgehead atoms. The second-order valence-corrected chi connectivity index (χ2v) is 7.89. The zero-order valence-electron chi connectivity index (χ0n) is 17.1. The van der Waals surface area contributed by atoms with Crippen molar-refractivity contribution in [3.63, 3.8) is 0 Å². The van der Waals surface area contributed by atoms with Gasteiger partial charge in [-0.15, -0.1) is 10.2 Å². The number of anilines is 2. The number of aromatic nitrogens is 5. The minimum absolute atomic E-state index is 0.164. The first kappa shape index (κ1) is 21.7. The fourth-order valence-corrected chi connectivity index (χ4v) is 3.65.